The van der Waals surface area contributed by atoms with Crippen molar-refractivity contribution >= 4 is 35.0 Å². The van der Waals surface area contributed by atoms with Gasteiger partial charge in [-0.15, -0.1) is 0 Å². The number of ether oxygens (including phenoxy) is 3. The zero-order valence-corrected chi connectivity index (χ0v) is 16.3. The minimum Gasteiger partial charge on any atom is -0.494 e. The summed E-state index contributed by atoms with van der Waals surface area (Å²) in [6, 6.07) is 12.7. The van der Waals surface area contributed by atoms with Crippen molar-refractivity contribution in [1.82, 2.24) is 5.32 Å². The van der Waals surface area contributed by atoms with Crippen LogP contribution in [0.3, 0.4) is 0 Å². The second kappa shape index (κ2) is 10.2. The van der Waals surface area contributed by atoms with Gasteiger partial charge in [-0.2, -0.15) is 0 Å². The SMILES string of the molecule is CCOc1ccc(NC(=S)NC(=O)C=Cc2ccc(OC)c(OC)c2)cc1. The number of rotatable bonds is 7. The van der Waals surface area contributed by atoms with Crippen LogP contribution in [-0.4, -0.2) is 31.8 Å². The highest BCUT2D eigenvalue weighted by Crippen LogP contribution is 2.27. The van der Waals surface area contributed by atoms with Gasteiger partial charge in [-0.25, -0.2) is 0 Å². The topological polar surface area (TPSA) is 68.8 Å². The van der Waals surface area contributed by atoms with Gasteiger partial charge in [0, 0.05) is 11.8 Å². The molecule has 0 unspecified atom stereocenters. The fourth-order valence-electron chi connectivity index (χ4n) is 2.25. The normalized spacial score (nSPS) is 10.3. The molecular formula is C20H22N2O4S. The predicted molar refractivity (Wildman–Crippen MR) is 111 cm³/mol. The van der Waals surface area contributed by atoms with Crippen LogP contribution < -0.4 is 24.8 Å². The molecule has 1 amide bonds. The lowest BCUT2D eigenvalue weighted by Gasteiger charge is -2.09. The summed E-state index contributed by atoms with van der Waals surface area (Å²) in [4.78, 5) is 12.0. The second-order valence-electron chi connectivity index (χ2n) is 5.35. The molecule has 0 aromatic heterocycles. The third kappa shape index (κ3) is 6.31. The molecule has 0 aliphatic rings. The van der Waals surface area contributed by atoms with Gasteiger partial charge < -0.3 is 19.5 Å². The molecule has 0 saturated heterocycles. The van der Waals surface area contributed by atoms with E-state index in [1.54, 1.807) is 32.4 Å². The number of anilines is 1. The van der Waals surface area contributed by atoms with Gasteiger partial charge >= 0.3 is 0 Å². The molecule has 142 valence electrons. The van der Waals surface area contributed by atoms with Crippen molar-refractivity contribution in [1.29, 1.82) is 0 Å². The first kappa shape index (κ1) is 20.3. The third-order valence-electron chi connectivity index (χ3n) is 3.49. The highest BCUT2D eigenvalue weighted by molar-refractivity contribution is 7.80. The second-order valence-corrected chi connectivity index (χ2v) is 5.76. The summed E-state index contributed by atoms with van der Waals surface area (Å²) in [7, 11) is 3.13. The lowest BCUT2D eigenvalue weighted by molar-refractivity contribution is -0.115. The number of benzene rings is 2. The Morgan fingerprint density at radius 1 is 1.07 bits per heavy atom. The lowest BCUT2D eigenvalue weighted by Crippen LogP contribution is -2.32. The van der Waals surface area contributed by atoms with Gasteiger partial charge in [0.1, 0.15) is 5.75 Å². The lowest BCUT2D eigenvalue weighted by atomic mass is 10.2. The van der Waals surface area contributed by atoms with E-state index in [0.717, 1.165) is 17.0 Å². The quantitative estimate of drug-likeness (QED) is 0.559. The van der Waals surface area contributed by atoms with Crippen LogP contribution in [0.1, 0.15) is 12.5 Å². The van der Waals surface area contributed by atoms with E-state index >= 15 is 0 Å². The largest absolute Gasteiger partial charge is 0.494 e. The Kier molecular flexibility index (Phi) is 7.63. The molecule has 2 N–H and O–H groups in total. The van der Waals surface area contributed by atoms with Crippen molar-refractivity contribution < 1.29 is 19.0 Å². The average Bonchev–Trinajstić information content (AvgIpc) is 2.67. The number of nitrogens with one attached hydrogen (secondary N) is 2. The van der Waals surface area contributed by atoms with Gasteiger partial charge in [0.25, 0.3) is 0 Å². The predicted octanol–water partition coefficient (Wildman–Crippen LogP) is 3.63. The zero-order valence-electron chi connectivity index (χ0n) is 15.4. The van der Waals surface area contributed by atoms with Crippen LogP contribution in [0.2, 0.25) is 0 Å². The molecule has 0 bridgehead atoms. The van der Waals surface area contributed by atoms with Gasteiger partial charge in [-0.3, -0.25) is 10.1 Å². The number of carbonyl (C=O) groups excluding carboxylic acids is 1. The number of hydrogen-bond donors (Lipinski definition) is 2. The van der Waals surface area contributed by atoms with Crippen molar-refractivity contribution in [3.05, 3.63) is 54.1 Å². The summed E-state index contributed by atoms with van der Waals surface area (Å²) in [5.41, 5.74) is 1.56. The Bertz CT molecular complexity index is 819. The standard InChI is InChI=1S/C20H22N2O4S/c1-4-26-16-9-7-15(8-10-16)21-20(27)22-19(23)12-6-14-5-11-17(24-2)18(13-14)25-3/h5-13H,4H2,1-3H3,(H2,21,22,23,27). The Hall–Kier alpha value is -3.06. The maximum atomic E-state index is 12.0. The Morgan fingerprint density at radius 2 is 1.78 bits per heavy atom. The van der Waals surface area contributed by atoms with E-state index in [1.807, 2.05) is 37.3 Å². The number of methoxy groups -OCH3 is 2. The molecule has 2 aromatic carbocycles. The van der Waals surface area contributed by atoms with Crippen LogP contribution in [0.5, 0.6) is 17.2 Å². The smallest absolute Gasteiger partial charge is 0.250 e. The first-order valence-corrected chi connectivity index (χ1v) is 8.71. The van der Waals surface area contributed by atoms with Crippen molar-refractivity contribution in [3.8, 4) is 17.2 Å². The highest BCUT2D eigenvalue weighted by atomic mass is 32.1. The third-order valence-corrected chi connectivity index (χ3v) is 3.70. The van der Waals surface area contributed by atoms with Crippen LogP contribution >= 0.6 is 12.2 Å². The van der Waals surface area contributed by atoms with Crippen LogP contribution in [-0.2, 0) is 4.79 Å². The summed E-state index contributed by atoms with van der Waals surface area (Å²) in [6.07, 6.45) is 3.06. The molecule has 0 spiro atoms. The number of amides is 1. The molecule has 0 fully saturated rings. The molecule has 7 heteroatoms. The van der Waals surface area contributed by atoms with E-state index in [9.17, 15) is 4.79 Å². The number of carbonyl (C=O) groups is 1. The zero-order chi connectivity index (χ0) is 19.6. The van der Waals surface area contributed by atoms with E-state index in [-0.39, 0.29) is 11.0 Å². The van der Waals surface area contributed by atoms with Crippen LogP contribution in [0, 0.1) is 0 Å². The summed E-state index contributed by atoms with van der Waals surface area (Å²) in [5, 5.41) is 5.75. The van der Waals surface area contributed by atoms with E-state index < -0.39 is 0 Å². The molecule has 0 aliphatic heterocycles. The Balaban J connectivity index is 1.90. The van der Waals surface area contributed by atoms with Crippen LogP contribution in [0.15, 0.2) is 48.5 Å². The van der Waals surface area contributed by atoms with E-state index in [0.29, 0.717) is 18.1 Å². The molecule has 0 radical (unpaired) electrons. The minimum atomic E-state index is -0.340. The molecular weight excluding hydrogens is 364 g/mol. The summed E-state index contributed by atoms with van der Waals surface area (Å²) in [6.45, 7) is 2.53. The summed E-state index contributed by atoms with van der Waals surface area (Å²) < 4.78 is 15.8. The number of thiocarbonyl (C=S) groups is 1. The molecule has 0 aliphatic carbocycles. The molecule has 0 heterocycles. The van der Waals surface area contributed by atoms with Crippen LogP contribution in [0.4, 0.5) is 5.69 Å². The maximum absolute atomic E-state index is 12.0. The first-order valence-electron chi connectivity index (χ1n) is 8.30. The molecule has 6 nitrogen and oxygen atoms in total. The minimum absolute atomic E-state index is 0.209. The van der Waals surface area contributed by atoms with Crippen molar-refractivity contribution in [2.75, 3.05) is 26.1 Å². The number of hydrogen-bond acceptors (Lipinski definition) is 5. The fraction of sp³-hybridized carbons (Fsp3) is 0.200. The van der Waals surface area contributed by atoms with Crippen molar-refractivity contribution in [3.63, 3.8) is 0 Å². The summed E-state index contributed by atoms with van der Waals surface area (Å²) in [5.74, 6) is 1.65. The monoisotopic (exact) mass is 386 g/mol. The Morgan fingerprint density at radius 3 is 2.41 bits per heavy atom. The van der Waals surface area contributed by atoms with E-state index in [2.05, 4.69) is 10.6 Å². The van der Waals surface area contributed by atoms with E-state index in [1.165, 1.54) is 6.08 Å². The molecule has 0 atom stereocenters. The van der Waals surface area contributed by atoms with Gasteiger partial charge in [0.05, 0.1) is 20.8 Å². The molecule has 0 saturated carbocycles. The van der Waals surface area contributed by atoms with E-state index in [4.69, 9.17) is 26.4 Å². The van der Waals surface area contributed by atoms with Crippen molar-refractivity contribution in [2.24, 2.45) is 0 Å². The molecule has 2 aromatic rings. The summed E-state index contributed by atoms with van der Waals surface area (Å²) >= 11 is 5.15. The maximum Gasteiger partial charge on any atom is 0.250 e. The fourth-order valence-corrected chi connectivity index (χ4v) is 2.46. The van der Waals surface area contributed by atoms with Gasteiger partial charge in [0.2, 0.25) is 5.91 Å². The van der Waals surface area contributed by atoms with Gasteiger partial charge in [0.15, 0.2) is 16.6 Å². The molecule has 2 rings (SSSR count). The molecule has 27 heavy (non-hydrogen) atoms. The van der Waals surface area contributed by atoms with Gasteiger partial charge in [-0.05, 0) is 67.2 Å². The highest BCUT2D eigenvalue weighted by Gasteiger charge is 2.05. The average molecular weight is 386 g/mol. The first-order chi connectivity index (χ1) is 13.0. The Labute approximate surface area is 164 Å². The van der Waals surface area contributed by atoms with Crippen molar-refractivity contribution in [2.45, 2.75) is 6.92 Å². The van der Waals surface area contributed by atoms with Gasteiger partial charge in [-0.1, -0.05) is 6.07 Å². The van der Waals surface area contributed by atoms with Crippen LogP contribution in [0.25, 0.3) is 6.08 Å².